The molecule has 2 aromatic rings. The van der Waals surface area contributed by atoms with Gasteiger partial charge in [-0.3, -0.25) is 0 Å². The number of ether oxygens (including phenoxy) is 1. The van der Waals surface area contributed by atoms with E-state index in [1.165, 1.54) is 6.20 Å². The lowest BCUT2D eigenvalue weighted by Crippen LogP contribution is -2.33. The van der Waals surface area contributed by atoms with Gasteiger partial charge in [-0.15, -0.1) is 5.10 Å². The third kappa shape index (κ3) is 1.77. The maximum Gasteiger partial charge on any atom is 0.163 e. The van der Waals surface area contributed by atoms with Gasteiger partial charge in [0.1, 0.15) is 18.3 Å². The summed E-state index contributed by atoms with van der Waals surface area (Å²) in [6.07, 6.45) is -0.717. The average Bonchev–Trinajstić information content (AvgIpc) is 2.94. The van der Waals surface area contributed by atoms with Crippen LogP contribution in [0, 0.1) is 0 Å². The Labute approximate surface area is 108 Å². The van der Waals surface area contributed by atoms with E-state index in [2.05, 4.69) is 10.2 Å². The van der Waals surface area contributed by atoms with Gasteiger partial charge in [-0.25, -0.2) is 0 Å². The van der Waals surface area contributed by atoms with Crippen LogP contribution in [0.2, 0.25) is 0 Å². The number of hydrogen-bond donors (Lipinski definition) is 4. The highest BCUT2D eigenvalue weighted by molar-refractivity contribution is 5.88. The molecule has 102 valence electrons. The molecule has 1 fully saturated rings. The lowest BCUT2D eigenvalue weighted by Gasteiger charge is -2.17. The number of nitrogens with two attached hydrogens (primary N) is 1. The van der Waals surface area contributed by atoms with Gasteiger partial charge >= 0.3 is 0 Å². The van der Waals surface area contributed by atoms with Crippen molar-refractivity contribution in [2.24, 2.45) is 0 Å². The molecule has 19 heavy (non-hydrogen) atoms. The number of anilines is 1. The van der Waals surface area contributed by atoms with Crippen molar-refractivity contribution in [3.8, 4) is 0 Å². The third-order valence-corrected chi connectivity index (χ3v) is 3.37. The highest BCUT2D eigenvalue weighted by atomic mass is 16.6. The zero-order chi connectivity index (χ0) is 13.6. The van der Waals surface area contributed by atoms with Gasteiger partial charge in [0.05, 0.1) is 18.3 Å². The molecule has 0 amide bonds. The van der Waals surface area contributed by atoms with Crippen LogP contribution >= 0.6 is 0 Å². The van der Waals surface area contributed by atoms with E-state index >= 15 is 0 Å². The van der Waals surface area contributed by atoms with Crippen LogP contribution in [0.4, 0.5) is 5.82 Å². The van der Waals surface area contributed by atoms with Gasteiger partial charge in [0, 0.05) is 11.6 Å². The molecule has 0 aliphatic carbocycles. The van der Waals surface area contributed by atoms with E-state index in [0.717, 1.165) is 0 Å². The molecule has 1 aliphatic rings. The second kappa shape index (κ2) is 4.42. The van der Waals surface area contributed by atoms with Crippen molar-refractivity contribution >= 4 is 16.7 Å². The highest BCUT2D eigenvalue weighted by Gasteiger charge is 2.43. The van der Waals surface area contributed by atoms with E-state index < -0.39 is 24.5 Å². The fourth-order valence-electron chi connectivity index (χ4n) is 2.34. The van der Waals surface area contributed by atoms with Crippen LogP contribution in [0.15, 0.2) is 18.5 Å². The van der Waals surface area contributed by atoms with Crippen LogP contribution in [0.1, 0.15) is 6.23 Å². The Morgan fingerprint density at radius 1 is 1.37 bits per heavy atom. The standard InChI is InChI=1S/C11H14N4O4/c12-10-5-1-2-15(6(5)3-13-14-10)11-9(18)8(17)7(4-16)19-11/h1-3,7-9,11,16-18H,4H2,(H2,12,14)/t7-,8-,9-,11-/m1/s1. The van der Waals surface area contributed by atoms with Crippen LogP contribution in [0.25, 0.3) is 10.9 Å². The third-order valence-electron chi connectivity index (χ3n) is 3.37. The average molecular weight is 266 g/mol. The minimum absolute atomic E-state index is 0.281. The van der Waals surface area contributed by atoms with E-state index in [-0.39, 0.29) is 12.4 Å². The highest BCUT2D eigenvalue weighted by Crippen LogP contribution is 2.32. The molecule has 5 N–H and O–H groups in total. The molecular weight excluding hydrogens is 252 g/mol. The zero-order valence-electron chi connectivity index (χ0n) is 9.92. The largest absolute Gasteiger partial charge is 0.394 e. The molecule has 3 rings (SSSR count). The molecule has 0 bridgehead atoms. The quantitative estimate of drug-likeness (QED) is 0.528. The summed E-state index contributed by atoms with van der Waals surface area (Å²) >= 11 is 0. The summed E-state index contributed by atoms with van der Waals surface area (Å²) in [4.78, 5) is 0. The maximum absolute atomic E-state index is 9.99. The molecule has 1 aliphatic heterocycles. The Balaban J connectivity index is 2.04. The predicted octanol–water partition coefficient (Wildman–Crippen LogP) is -1.38. The molecule has 0 radical (unpaired) electrons. The van der Waals surface area contributed by atoms with E-state index in [1.54, 1.807) is 16.8 Å². The van der Waals surface area contributed by atoms with Crippen LogP contribution < -0.4 is 5.73 Å². The minimum atomic E-state index is -1.14. The van der Waals surface area contributed by atoms with E-state index in [9.17, 15) is 10.2 Å². The maximum atomic E-state index is 9.99. The number of nitrogens with zero attached hydrogens (tertiary/aromatic N) is 3. The molecule has 0 saturated carbocycles. The number of fused-ring (bicyclic) bond motifs is 1. The first-order valence-electron chi connectivity index (χ1n) is 5.83. The van der Waals surface area contributed by atoms with Gasteiger partial charge in [0.2, 0.25) is 0 Å². The Kier molecular flexibility index (Phi) is 2.86. The van der Waals surface area contributed by atoms with Crippen molar-refractivity contribution in [3.63, 3.8) is 0 Å². The summed E-state index contributed by atoms with van der Waals surface area (Å²) in [5, 5.41) is 37.0. The summed E-state index contributed by atoms with van der Waals surface area (Å²) in [5.41, 5.74) is 6.35. The van der Waals surface area contributed by atoms with Crippen LogP contribution in [-0.2, 0) is 4.74 Å². The van der Waals surface area contributed by atoms with Crippen molar-refractivity contribution in [1.29, 1.82) is 0 Å². The van der Waals surface area contributed by atoms with E-state index in [4.69, 9.17) is 15.6 Å². The summed E-state index contributed by atoms with van der Waals surface area (Å²) < 4.78 is 7.07. The van der Waals surface area contributed by atoms with E-state index in [0.29, 0.717) is 10.9 Å². The van der Waals surface area contributed by atoms with Crippen LogP contribution in [0.3, 0.4) is 0 Å². The van der Waals surface area contributed by atoms with Crippen LogP contribution in [-0.4, -0.2) is 55.0 Å². The molecule has 4 atom stereocenters. The SMILES string of the molecule is Nc1nncc2c1ccn2[C@@H]1O[C@H](CO)[C@@H](O)[C@H]1O. The smallest absolute Gasteiger partial charge is 0.163 e. The molecule has 1 saturated heterocycles. The number of aromatic nitrogens is 3. The molecule has 0 aromatic carbocycles. The Morgan fingerprint density at radius 2 is 2.16 bits per heavy atom. The Hall–Kier alpha value is -1.74. The number of aliphatic hydroxyl groups excluding tert-OH is 3. The fraction of sp³-hybridized carbons (Fsp3) is 0.455. The van der Waals surface area contributed by atoms with Gasteiger partial charge < -0.3 is 30.4 Å². The molecular formula is C11H14N4O4. The summed E-state index contributed by atoms with van der Waals surface area (Å²) in [5.74, 6) is 0.281. The minimum Gasteiger partial charge on any atom is -0.394 e. The first kappa shape index (κ1) is 12.3. The molecule has 2 aromatic heterocycles. The second-order valence-corrected chi connectivity index (χ2v) is 4.48. The van der Waals surface area contributed by atoms with Crippen molar-refractivity contribution in [2.75, 3.05) is 12.3 Å². The number of nitrogen functional groups attached to an aromatic ring is 1. The number of hydrogen-bond acceptors (Lipinski definition) is 7. The summed E-state index contributed by atoms with van der Waals surface area (Å²) in [6.45, 7) is -0.365. The molecule has 8 heteroatoms. The van der Waals surface area contributed by atoms with Gasteiger partial charge in [-0.2, -0.15) is 5.10 Å². The second-order valence-electron chi connectivity index (χ2n) is 4.48. The van der Waals surface area contributed by atoms with Gasteiger partial charge in [-0.05, 0) is 6.07 Å². The molecule has 0 unspecified atom stereocenters. The molecule has 0 spiro atoms. The zero-order valence-corrected chi connectivity index (χ0v) is 9.92. The lowest BCUT2D eigenvalue weighted by atomic mass is 10.1. The number of rotatable bonds is 2. The monoisotopic (exact) mass is 266 g/mol. The molecule has 3 heterocycles. The van der Waals surface area contributed by atoms with Gasteiger partial charge in [0.25, 0.3) is 0 Å². The first-order chi connectivity index (χ1) is 9.13. The van der Waals surface area contributed by atoms with Crippen molar-refractivity contribution in [3.05, 3.63) is 18.5 Å². The van der Waals surface area contributed by atoms with Crippen molar-refractivity contribution in [2.45, 2.75) is 24.5 Å². The van der Waals surface area contributed by atoms with Gasteiger partial charge in [-0.1, -0.05) is 0 Å². The van der Waals surface area contributed by atoms with Crippen molar-refractivity contribution < 1.29 is 20.1 Å². The summed E-state index contributed by atoms with van der Waals surface area (Å²) in [6, 6.07) is 1.73. The number of aliphatic hydroxyl groups is 3. The normalized spacial score (nSPS) is 31.1. The first-order valence-corrected chi connectivity index (χ1v) is 5.83. The topological polar surface area (TPSA) is 127 Å². The fourth-order valence-corrected chi connectivity index (χ4v) is 2.34. The summed E-state index contributed by atoms with van der Waals surface area (Å²) in [7, 11) is 0. The Bertz CT molecular complexity index is 601. The Morgan fingerprint density at radius 3 is 2.84 bits per heavy atom. The lowest BCUT2D eigenvalue weighted by molar-refractivity contribution is -0.0506. The van der Waals surface area contributed by atoms with Gasteiger partial charge in [0.15, 0.2) is 12.0 Å². The van der Waals surface area contributed by atoms with Crippen molar-refractivity contribution in [1.82, 2.24) is 14.8 Å². The van der Waals surface area contributed by atoms with Crippen LogP contribution in [0.5, 0.6) is 0 Å². The van der Waals surface area contributed by atoms with E-state index in [1.807, 2.05) is 0 Å². The predicted molar refractivity (Wildman–Crippen MR) is 64.9 cm³/mol. The molecule has 8 nitrogen and oxygen atoms in total.